The Hall–Kier alpha value is -5.19. The summed E-state index contributed by atoms with van der Waals surface area (Å²) in [4.78, 5) is 39.3. The highest BCUT2D eigenvalue weighted by Crippen LogP contribution is 2.50. The van der Waals surface area contributed by atoms with Crippen LogP contribution >= 0.6 is 0 Å². The Balaban J connectivity index is 1.39. The molecule has 1 amide bonds. The van der Waals surface area contributed by atoms with Gasteiger partial charge in [-0.3, -0.25) is 14.2 Å². The fourth-order valence-corrected chi connectivity index (χ4v) is 4.80. The number of anilines is 1. The van der Waals surface area contributed by atoms with Crippen LogP contribution in [-0.2, 0) is 14.9 Å². The molecule has 0 bridgehead atoms. The average Bonchev–Trinajstić information content (AvgIpc) is 3.47. The van der Waals surface area contributed by atoms with E-state index in [4.69, 9.17) is 9.47 Å². The molecule has 0 fully saturated rings. The second-order valence-electron chi connectivity index (χ2n) is 9.76. The summed E-state index contributed by atoms with van der Waals surface area (Å²) < 4.78 is 48.1. The molecular formula is C30H22F2N2O7. The molecule has 3 aromatic carbocycles. The number of aromatic nitrogens is 1. The topological polar surface area (TPSA) is 105 Å². The molecule has 1 N–H and O–H groups in total. The molecule has 4 aromatic rings. The molecule has 41 heavy (non-hydrogen) atoms. The number of methoxy groups -OCH3 is 1. The SMILES string of the molecule is COC(=O)c1ccc(-n2cc(-c3ccccc3)cc(NC(=O)[C@@]3(C)COc4cc5c(cc43)OC(F)(F)O5)c2=O)cc1. The number of hydrogen-bond acceptors (Lipinski definition) is 7. The Kier molecular flexibility index (Phi) is 6.02. The Morgan fingerprint density at radius 3 is 2.29 bits per heavy atom. The third-order valence-corrected chi connectivity index (χ3v) is 7.05. The Bertz CT molecular complexity index is 1750. The van der Waals surface area contributed by atoms with Crippen molar-refractivity contribution in [2.45, 2.75) is 18.6 Å². The maximum atomic E-state index is 13.7. The average molecular weight is 561 g/mol. The lowest BCUT2D eigenvalue weighted by Gasteiger charge is -2.22. The fraction of sp³-hybridized carbons (Fsp3) is 0.167. The molecule has 11 heteroatoms. The van der Waals surface area contributed by atoms with E-state index in [0.29, 0.717) is 22.4 Å². The van der Waals surface area contributed by atoms with Gasteiger partial charge in [-0.15, -0.1) is 8.78 Å². The lowest BCUT2D eigenvalue weighted by atomic mass is 9.83. The van der Waals surface area contributed by atoms with Crippen molar-refractivity contribution in [3.8, 4) is 34.1 Å². The molecule has 0 aliphatic carbocycles. The monoisotopic (exact) mass is 560 g/mol. The van der Waals surface area contributed by atoms with Crippen LogP contribution in [0.4, 0.5) is 14.5 Å². The minimum absolute atomic E-state index is 0.0182. The van der Waals surface area contributed by atoms with Gasteiger partial charge in [0.1, 0.15) is 23.5 Å². The summed E-state index contributed by atoms with van der Waals surface area (Å²) in [7, 11) is 1.27. The molecule has 2 aliphatic heterocycles. The van der Waals surface area contributed by atoms with Gasteiger partial charge in [-0.1, -0.05) is 30.3 Å². The van der Waals surface area contributed by atoms with Crippen LogP contribution in [0.2, 0.25) is 0 Å². The van der Waals surface area contributed by atoms with E-state index in [1.807, 2.05) is 30.3 Å². The maximum Gasteiger partial charge on any atom is 0.586 e. The number of alkyl halides is 2. The largest absolute Gasteiger partial charge is 0.586 e. The van der Waals surface area contributed by atoms with E-state index in [1.165, 1.54) is 35.9 Å². The first kappa shape index (κ1) is 26.1. The minimum Gasteiger partial charge on any atom is -0.492 e. The number of nitrogens with one attached hydrogen (secondary N) is 1. The molecule has 0 spiro atoms. The number of ether oxygens (including phenoxy) is 4. The molecule has 0 saturated heterocycles. The first-order valence-corrected chi connectivity index (χ1v) is 12.5. The molecular weight excluding hydrogens is 538 g/mol. The summed E-state index contributed by atoms with van der Waals surface area (Å²) >= 11 is 0. The van der Waals surface area contributed by atoms with Crippen LogP contribution in [0.3, 0.4) is 0 Å². The lowest BCUT2D eigenvalue weighted by Crippen LogP contribution is -2.40. The van der Waals surface area contributed by atoms with Crippen LogP contribution < -0.4 is 25.1 Å². The standard InChI is InChI=1S/C30H22F2N2O7/c1-29(16-39-23-14-25-24(13-21(23)29)40-30(31,32)41-25)28(37)33-22-12-19(17-6-4-3-5-7-17)15-34(26(22)35)20-10-8-18(9-11-20)27(36)38-2/h3-15H,16H2,1-2H3,(H,33,37)/t29-/m0/s1. The van der Waals surface area contributed by atoms with Gasteiger partial charge in [0.25, 0.3) is 5.56 Å². The number of halogens is 2. The number of carbonyl (C=O) groups is 2. The second-order valence-corrected chi connectivity index (χ2v) is 9.76. The number of carbonyl (C=O) groups excluding carboxylic acids is 2. The van der Waals surface area contributed by atoms with Crippen LogP contribution in [0, 0.1) is 0 Å². The van der Waals surface area contributed by atoms with Crippen LogP contribution in [0.5, 0.6) is 17.2 Å². The van der Waals surface area contributed by atoms with Crippen LogP contribution in [0.1, 0.15) is 22.8 Å². The van der Waals surface area contributed by atoms with Crippen molar-refractivity contribution in [1.82, 2.24) is 4.57 Å². The zero-order valence-electron chi connectivity index (χ0n) is 21.8. The minimum atomic E-state index is -3.83. The zero-order valence-corrected chi connectivity index (χ0v) is 21.8. The summed E-state index contributed by atoms with van der Waals surface area (Å²) in [6.45, 7) is 1.48. The number of benzene rings is 3. The number of esters is 1. The Morgan fingerprint density at radius 1 is 0.927 bits per heavy atom. The van der Waals surface area contributed by atoms with E-state index in [9.17, 15) is 23.2 Å². The van der Waals surface area contributed by atoms with Gasteiger partial charge in [-0.05, 0) is 48.9 Å². The van der Waals surface area contributed by atoms with Crippen molar-refractivity contribution < 1.29 is 37.3 Å². The van der Waals surface area contributed by atoms with E-state index < -0.39 is 29.1 Å². The van der Waals surface area contributed by atoms with Gasteiger partial charge >= 0.3 is 12.3 Å². The summed E-state index contributed by atoms with van der Waals surface area (Å²) in [5.74, 6) is -1.33. The number of fused-ring (bicyclic) bond motifs is 2. The van der Waals surface area contributed by atoms with Crippen molar-refractivity contribution in [3.63, 3.8) is 0 Å². The second kappa shape index (κ2) is 9.47. The zero-order chi connectivity index (χ0) is 28.9. The van der Waals surface area contributed by atoms with Gasteiger partial charge in [0.05, 0.1) is 12.7 Å². The van der Waals surface area contributed by atoms with Crippen molar-refractivity contribution >= 4 is 17.6 Å². The van der Waals surface area contributed by atoms with Gasteiger partial charge in [0, 0.05) is 29.1 Å². The first-order valence-electron chi connectivity index (χ1n) is 12.5. The third-order valence-electron chi connectivity index (χ3n) is 7.05. The highest BCUT2D eigenvalue weighted by atomic mass is 19.3. The van der Waals surface area contributed by atoms with Gasteiger partial charge < -0.3 is 24.3 Å². The van der Waals surface area contributed by atoms with Crippen LogP contribution in [0.25, 0.3) is 16.8 Å². The number of nitrogens with zero attached hydrogens (tertiary/aromatic N) is 1. The van der Waals surface area contributed by atoms with E-state index in [1.54, 1.807) is 31.3 Å². The fourth-order valence-electron chi connectivity index (χ4n) is 4.80. The Morgan fingerprint density at radius 2 is 1.61 bits per heavy atom. The van der Waals surface area contributed by atoms with Crippen molar-refractivity contribution in [1.29, 1.82) is 0 Å². The van der Waals surface area contributed by atoms with Crippen molar-refractivity contribution in [2.75, 3.05) is 19.0 Å². The molecule has 6 rings (SSSR count). The van der Waals surface area contributed by atoms with E-state index in [2.05, 4.69) is 14.8 Å². The summed E-state index contributed by atoms with van der Waals surface area (Å²) in [5.41, 5.74) is 0.608. The molecule has 0 radical (unpaired) electrons. The summed E-state index contributed by atoms with van der Waals surface area (Å²) in [6, 6.07) is 19.6. The maximum absolute atomic E-state index is 13.7. The molecule has 1 atom stereocenters. The van der Waals surface area contributed by atoms with E-state index >= 15 is 0 Å². The van der Waals surface area contributed by atoms with Gasteiger partial charge in [0.2, 0.25) is 5.91 Å². The van der Waals surface area contributed by atoms with E-state index in [0.717, 1.165) is 5.56 Å². The normalized spacial score (nSPS) is 17.9. The van der Waals surface area contributed by atoms with Crippen LogP contribution in [0.15, 0.2) is 83.8 Å². The Labute approximate surface area is 231 Å². The number of hydrogen-bond donors (Lipinski definition) is 1. The quantitative estimate of drug-likeness (QED) is 0.346. The molecule has 0 unspecified atom stereocenters. The molecule has 9 nitrogen and oxygen atoms in total. The lowest BCUT2D eigenvalue weighted by molar-refractivity contribution is -0.286. The molecule has 1 aromatic heterocycles. The summed E-state index contributed by atoms with van der Waals surface area (Å²) in [6.07, 6.45) is -2.19. The summed E-state index contributed by atoms with van der Waals surface area (Å²) in [5, 5.41) is 2.73. The van der Waals surface area contributed by atoms with Crippen LogP contribution in [-0.4, -0.2) is 36.5 Å². The highest BCUT2D eigenvalue weighted by Gasteiger charge is 2.49. The number of pyridine rings is 1. The molecule has 0 saturated carbocycles. The first-order chi connectivity index (χ1) is 19.6. The van der Waals surface area contributed by atoms with Gasteiger partial charge in [-0.25, -0.2) is 4.79 Å². The molecule has 2 aliphatic rings. The predicted molar refractivity (Wildman–Crippen MR) is 143 cm³/mol. The van der Waals surface area contributed by atoms with Gasteiger partial charge in [0.15, 0.2) is 11.5 Å². The smallest absolute Gasteiger partial charge is 0.492 e. The highest BCUT2D eigenvalue weighted by molar-refractivity contribution is 6.00. The van der Waals surface area contributed by atoms with E-state index in [-0.39, 0.29) is 29.5 Å². The molecule has 3 heterocycles. The number of rotatable bonds is 5. The van der Waals surface area contributed by atoms with Crippen molar-refractivity contribution in [2.24, 2.45) is 0 Å². The van der Waals surface area contributed by atoms with Crippen molar-refractivity contribution in [3.05, 3.63) is 100 Å². The molecule has 208 valence electrons. The predicted octanol–water partition coefficient (Wildman–Crippen LogP) is 4.90. The number of amides is 1. The van der Waals surface area contributed by atoms with Gasteiger partial charge in [-0.2, -0.15) is 0 Å². The third kappa shape index (κ3) is 4.54.